The molecular weight excluding hydrogens is 456 g/mol. The largest absolute Gasteiger partial charge is 0.495 e. The highest BCUT2D eigenvalue weighted by atomic mass is 32.1. The van der Waals surface area contributed by atoms with Gasteiger partial charge in [0.25, 0.3) is 5.56 Å². The number of thiazole rings is 1. The Bertz CT molecular complexity index is 1430. The van der Waals surface area contributed by atoms with Crippen LogP contribution < -0.4 is 15.2 Å². The molecule has 0 saturated heterocycles. The number of hydrogen-bond acceptors (Lipinski definition) is 8. The van der Waals surface area contributed by atoms with Gasteiger partial charge in [-0.2, -0.15) is 5.10 Å². The van der Waals surface area contributed by atoms with E-state index in [-0.39, 0.29) is 24.5 Å². The molecule has 0 N–H and O–H groups in total. The van der Waals surface area contributed by atoms with Crippen molar-refractivity contribution in [1.29, 1.82) is 0 Å². The van der Waals surface area contributed by atoms with Gasteiger partial charge in [-0.3, -0.25) is 19.3 Å². The Labute approximate surface area is 199 Å². The second-order valence-corrected chi connectivity index (χ2v) is 8.24. The zero-order chi connectivity index (χ0) is 24.2. The average Bonchev–Trinajstić information content (AvgIpc) is 3.29. The Morgan fingerprint density at radius 3 is 2.53 bits per heavy atom. The van der Waals surface area contributed by atoms with Crippen LogP contribution in [0.4, 0.5) is 10.8 Å². The highest BCUT2D eigenvalue weighted by molar-refractivity contribution is 7.14. The molecule has 0 radical (unpaired) electrons. The van der Waals surface area contributed by atoms with Gasteiger partial charge in [-0.25, -0.2) is 9.67 Å². The summed E-state index contributed by atoms with van der Waals surface area (Å²) < 4.78 is 12.0. The number of anilines is 2. The summed E-state index contributed by atoms with van der Waals surface area (Å²) >= 11 is 1.26. The minimum Gasteiger partial charge on any atom is -0.495 e. The maximum atomic E-state index is 12.5. The van der Waals surface area contributed by atoms with Crippen LogP contribution in [-0.2, 0) is 34.4 Å². The lowest BCUT2D eigenvalue weighted by Gasteiger charge is -2.20. The van der Waals surface area contributed by atoms with Crippen molar-refractivity contribution in [2.75, 3.05) is 12.0 Å². The summed E-state index contributed by atoms with van der Waals surface area (Å²) in [6.07, 6.45) is -0.0909. The number of rotatable bonds is 7. The van der Waals surface area contributed by atoms with Crippen LogP contribution in [0, 0.1) is 0 Å². The van der Waals surface area contributed by atoms with Crippen molar-refractivity contribution in [2.45, 2.75) is 20.0 Å². The molecule has 9 nitrogen and oxygen atoms in total. The van der Waals surface area contributed by atoms with Crippen LogP contribution in [0.1, 0.15) is 18.3 Å². The van der Waals surface area contributed by atoms with Gasteiger partial charge in [0.2, 0.25) is 5.91 Å². The van der Waals surface area contributed by atoms with Crippen molar-refractivity contribution in [3.8, 4) is 5.75 Å². The van der Waals surface area contributed by atoms with Crippen LogP contribution in [0.5, 0.6) is 5.75 Å². The number of nitrogens with zero attached hydrogens (tertiary/aromatic N) is 4. The third-order valence-corrected chi connectivity index (χ3v) is 5.97. The summed E-state index contributed by atoms with van der Waals surface area (Å²) in [6.45, 7) is 1.38. The molecule has 4 aromatic rings. The fourth-order valence-electron chi connectivity index (χ4n) is 3.54. The van der Waals surface area contributed by atoms with E-state index in [1.807, 2.05) is 6.07 Å². The molecule has 0 aliphatic rings. The Morgan fingerprint density at radius 2 is 1.79 bits per heavy atom. The van der Waals surface area contributed by atoms with Crippen LogP contribution in [-0.4, -0.2) is 33.8 Å². The molecule has 34 heavy (non-hydrogen) atoms. The fraction of sp³-hybridized carbons (Fsp3) is 0.208. The topological polar surface area (TPSA) is 104 Å². The number of carbonyl (C=O) groups is 2. The standard InChI is InChI=1S/C24H22N4O5S/c1-15(29)28(20-10-6-7-11-21(20)32-3)24-25-16(14-34-24)13-33-22(30)12-19-17-8-4-5-9-18(17)23(31)27(2)26-19/h4-11,14H,12-13H2,1-3H3. The van der Waals surface area contributed by atoms with Gasteiger partial charge in [0.15, 0.2) is 5.13 Å². The lowest BCUT2D eigenvalue weighted by Crippen LogP contribution is -2.23. The first-order valence-electron chi connectivity index (χ1n) is 10.4. The summed E-state index contributed by atoms with van der Waals surface area (Å²) in [5.74, 6) is -0.188. The number of benzene rings is 2. The third-order valence-electron chi connectivity index (χ3n) is 5.10. The van der Waals surface area contributed by atoms with E-state index in [2.05, 4.69) is 10.1 Å². The number of amides is 1. The molecule has 174 valence electrons. The molecule has 0 atom stereocenters. The first-order chi connectivity index (χ1) is 16.4. The van der Waals surface area contributed by atoms with Crippen molar-refractivity contribution < 1.29 is 19.1 Å². The number of esters is 1. The number of para-hydroxylation sites is 2. The van der Waals surface area contributed by atoms with Gasteiger partial charge in [0, 0.05) is 24.7 Å². The summed E-state index contributed by atoms with van der Waals surface area (Å²) in [5.41, 5.74) is 1.31. The molecule has 0 bridgehead atoms. The van der Waals surface area contributed by atoms with Gasteiger partial charge in [0.1, 0.15) is 12.4 Å². The van der Waals surface area contributed by atoms with Gasteiger partial charge >= 0.3 is 5.97 Å². The van der Waals surface area contributed by atoms with Crippen molar-refractivity contribution in [3.63, 3.8) is 0 Å². The summed E-state index contributed by atoms with van der Waals surface area (Å²) in [6, 6.07) is 14.2. The van der Waals surface area contributed by atoms with Crippen LogP contribution in [0.3, 0.4) is 0 Å². The number of methoxy groups -OCH3 is 1. The molecule has 10 heteroatoms. The van der Waals surface area contributed by atoms with E-state index in [1.54, 1.807) is 54.9 Å². The Hall–Kier alpha value is -4.05. The molecule has 0 saturated carbocycles. The number of ether oxygens (including phenoxy) is 2. The maximum Gasteiger partial charge on any atom is 0.312 e. The molecule has 4 rings (SSSR count). The van der Waals surface area contributed by atoms with Gasteiger partial charge < -0.3 is 9.47 Å². The van der Waals surface area contributed by atoms with Crippen LogP contribution in [0.15, 0.2) is 58.7 Å². The third kappa shape index (κ3) is 4.67. The molecule has 0 aliphatic carbocycles. The molecule has 0 spiro atoms. The Balaban J connectivity index is 1.49. The second kappa shape index (κ2) is 9.84. The smallest absolute Gasteiger partial charge is 0.312 e. The minimum atomic E-state index is -0.501. The number of carbonyl (C=O) groups excluding carboxylic acids is 2. The predicted octanol–water partition coefficient (Wildman–Crippen LogP) is 3.37. The highest BCUT2D eigenvalue weighted by Gasteiger charge is 2.21. The Morgan fingerprint density at radius 1 is 1.09 bits per heavy atom. The van der Waals surface area contributed by atoms with Crippen LogP contribution >= 0.6 is 11.3 Å². The monoisotopic (exact) mass is 478 g/mol. The number of hydrogen-bond donors (Lipinski definition) is 0. The van der Waals surface area contributed by atoms with E-state index in [4.69, 9.17) is 9.47 Å². The van der Waals surface area contributed by atoms with Crippen molar-refractivity contribution in [2.24, 2.45) is 7.05 Å². The van der Waals surface area contributed by atoms with Gasteiger partial charge in [-0.1, -0.05) is 30.3 Å². The van der Waals surface area contributed by atoms with Crippen molar-refractivity contribution >= 4 is 44.8 Å². The SMILES string of the molecule is COc1ccccc1N(C(C)=O)c1nc(COC(=O)Cc2nn(C)c(=O)c3ccccc23)cs1. The Kier molecular flexibility index (Phi) is 6.69. The molecule has 2 aromatic heterocycles. The van der Waals surface area contributed by atoms with Crippen molar-refractivity contribution in [3.05, 3.63) is 75.7 Å². The molecule has 1 amide bonds. The van der Waals surface area contributed by atoms with E-state index in [1.165, 1.54) is 35.0 Å². The zero-order valence-electron chi connectivity index (χ0n) is 18.8. The molecular formula is C24H22N4O5S. The number of aryl methyl sites for hydroxylation is 1. The van der Waals surface area contributed by atoms with Crippen LogP contribution in [0.2, 0.25) is 0 Å². The van der Waals surface area contributed by atoms with Gasteiger partial charge in [0.05, 0.1) is 36.0 Å². The lowest BCUT2D eigenvalue weighted by atomic mass is 10.1. The second-order valence-electron chi connectivity index (χ2n) is 7.41. The number of aromatic nitrogens is 3. The zero-order valence-corrected chi connectivity index (χ0v) is 19.7. The molecule has 0 fully saturated rings. The molecule has 2 aromatic carbocycles. The average molecular weight is 479 g/mol. The van der Waals surface area contributed by atoms with E-state index in [0.29, 0.717) is 38.7 Å². The molecule has 0 aliphatic heterocycles. The molecule has 2 heterocycles. The van der Waals surface area contributed by atoms with Crippen molar-refractivity contribution in [1.82, 2.24) is 14.8 Å². The fourth-order valence-corrected chi connectivity index (χ4v) is 4.40. The van der Waals surface area contributed by atoms with Gasteiger partial charge in [-0.05, 0) is 18.2 Å². The molecule has 0 unspecified atom stereocenters. The number of fused-ring (bicyclic) bond motifs is 1. The summed E-state index contributed by atoms with van der Waals surface area (Å²) in [4.78, 5) is 43.1. The van der Waals surface area contributed by atoms with E-state index in [0.717, 1.165) is 0 Å². The normalized spacial score (nSPS) is 10.8. The van der Waals surface area contributed by atoms with Crippen LogP contribution in [0.25, 0.3) is 10.8 Å². The highest BCUT2D eigenvalue weighted by Crippen LogP contribution is 2.35. The summed E-state index contributed by atoms with van der Waals surface area (Å²) in [5, 5.41) is 7.51. The van der Waals surface area contributed by atoms with E-state index >= 15 is 0 Å². The van der Waals surface area contributed by atoms with Gasteiger partial charge in [-0.15, -0.1) is 11.3 Å². The first kappa shape index (κ1) is 23.1. The van der Waals surface area contributed by atoms with E-state index in [9.17, 15) is 14.4 Å². The quantitative estimate of drug-likeness (QED) is 0.375. The first-order valence-corrected chi connectivity index (χ1v) is 11.3. The predicted molar refractivity (Wildman–Crippen MR) is 128 cm³/mol. The summed E-state index contributed by atoms with van der Waals surface area (Å²) in [7, 11) is 3.08. The van der Waals surface area contributed by atoms with E-state index < -0.39 is 5.97 Å². The minimum absolute atomic E-state index is 0.0588. The lowest BCUT2D eigenvalue weighted by molar-refractivity contribution is -0.144. The maximum absolute atomic E-state index is 12.5.